The summed E-state index contributed by atoms with van der Waals surface area (Å²) in [5.41, 5.74) is 4.51. The number of halogens is 1. The number of nitrogens with two attached hydrogens (primary N) is 1. The van der Waals surface area contributed by atoms with E-state index in [4.69, 9.17) is 5.73 Å². The fraction of sp³-hybridized carbons (Fsp3) is 0.455. The molecule has 0 aromatic heterocycles. The second kappa shape index (κ2) is 4.18. The molecule has 18 heavy (non-hydrogen) atoms. The number of β-amino-alcohol motifs (C(OH)–C–C–N with tert-alkyl or cyclic N) is 1. The quantitative estimate of drug-likeness (QED) is 0.789. The van der Waals surface area contributed by atoms with Gasteiger partial charge in [0.2, 0.25) is 10.0 Å². The summed E-state index contributed by atoms with van der Waals surface area (Å²) in [6, 6.07) is 3.19. The molecule has 7 heteroatoms. The van der Waals surface area contributed by atoms with Crippen molar-refractivity contribution in [3.63, 3.8) is 0 Å². The van der Waals surface area contributed by atoms with Gasteiger partial charge < -0.3 is 10.8 Å². The fourth-order valence-electron chi connectivity index (χ4n) is 1.89. The van der Waals surface area contributed by atoms with Crippen molar-refractivity contribution in [2.24, 2.45) is 0 Å². The first-order valence-corrected chi connectivity index (χ1v) is 6.99. The predicted octanol–water partition coefficient (Wildman–Crippen LogP) is 0.553. The summed E-state index contributed by atoms with van der Waals surface area (Å²) < 4.78 is 38.5. The minimum absolute atomic E-state index is 0.0300. The Bertz CT molecular complexity index is 547. The molecule has 0 atom stereocenters. The Balaban J connectivity index is 2.28. The third kappa shape index (κ3) is 2.21. The molecule has 0 saturated carbocycles. The molecule has 1 saturated heterocycles. The standard InChI is InChI=1S/C11H15FN2O3S/c1-2-11(15)6-14(7-11)18(16,17)10-4-8(12)3-9(13)5-10/h3-5,15H,2,6-7,13H2,1H3. The molecular weight excluding hydrogens is 259 g/mol. The van der Waals surface area contributed by atoms with Gasteiger partial charge in [-0.3, -0.25) is 0 Å². The molecule has 0 radical (unpaired) electrons. The van der Waals surface area contributed by atoms with E-state index in [0.29, 0.717) is 6.42 Å². The highest BCUT2D eigenvalue weighted by Gasteiger charge is 2.46. The van der Waals surface area contributed by atoms with Gasteiger partial charge in [0.1, 0.15) is 5.82 Å². The van der Waals surface area contributed by atoms with Gasteiger partial charge >= 0.3 is 0 Å². The van der Waals surface area contributed by atoms with Crippen molar-refractivity contribution in [1.29, 1.82) is 0 Å². The molecule has 0 amide bonds. The lowest BCUT2D eigenvalue weighted by Gasteiger charge is -2.44. The molecule has 2 rings (SSSR count). The van der Waals surface area contributed by atoms with Crippen LogP contribution >= 0.6 is 0 Å². The Morgan fingerprint density at radius 3 is 2.56 bits per heavy atom. The van der Waals surface area contributed by atoms with Gasteiger partial charge in [0.25, 0.3) is 0 Å². The fourth-order valence-corrected chi connectivity index (χ4v) is 3.55. The smallest absolute Gasteiger partial charge is 0.243 e. The second-order valence-electron chi connectivity index (χ2n) is 4.57. The minimum Gasteiger partial charge on any atom is -0.399 e. The summed E-state index contributed by atoms with van der Waals surface area (Å²) in [7, 11) is -3.78. The van der Waals surface area contributed by atoms with Crippen LogP contribution in [-0.2, 0) is 10.0 Å². The van der Waals surface area contributed by atoms with Crippen molar-refractivity contribution in [2.45, 2.75) is 23.8 Å². The number of aliphatic hydroxyl groups is 1. The first kappa shape index (κ1) is 13.3. The average molecular weight is 274 g/mol. The van der Waals surface area contributed by atoms with E-state index < -0.39 is 21.4 Å². The maximum absolute atomic E-state index is 13.1. The molecule has 1 aromatic rings. The van der Waals surface area contributed by atoms with Crippen LogP contribution in [0.2, 0.25) is 0 Å². The molecule has 0 aliphatic carbocycles. The largest absolute Gasteiger partial charge is 0.399 e. The number of hydrogen-bond acceptors (Lipinski definition) is 4. The van der Waals surface area contributed by atoms with Gasteiger partial charge in [-0.1, -0.05) is 6.92 Å². The van der Waals surface area contributed by atoms with E-state index in [1.165, 1.54) is 6.07 Å². The van der Waals surface area contributed by atoms with Crippen molar-refractivity contribution < 1.29 is 17.9 Å². The van der Waals surface area contributed by atoms with E-state index in [2.05, 4.69) is 0 Å². The van der Waals surface area contributed by atoms with E-state index in [1.54, 1.807) is 6.92 Å². The lowest BCUT2D eigenvalue weighted by molar-refractivity contribution is -0.0613. The molecule has 1 aliphatic rings. The third-order valence-corrected chi connectivity index (χ3v) is 4.90. The van der Waals surface area contributed by atoms with Crippen LogP contribution in [0.4, 0.5) is 10.1 Å². The molecule has 0 bridgehead atoms. The average Bonchev–Trinajstić information content (AvgIpc) is 2.23. The van der Waals surface area contributed by atoms with E-state index in [0.717, 1.165) is 16.4 Å². The Morgan fingerprint density at radius 2 is 2.06 bits per heavy atom. The third-order valence-electron chi connectivity index (χ3n) is 3.13. The van der Waals surface area contributed by atoms with Gasteiger partial charge in [0, 0.05) is 18.8 Å². The number of rotatable bonds is 3. The summed E-state index contributed by atoms with van der Waals surface area (Å²) in [5.74, 6) is -0.695. The van der Waals surface area contributed by atoms with Crippen molar-refractivity contribution >= 4 is 15.7 Å². The van der Waals surface area contributed by atoms with Crippen LogP contribution in [0.1, 0.15) is 13.3 Å². The number of nitrogen functional groups attached to an aromatic ring is 1. The maximum atomic E-state index is 13.1. The molecular formula is C11H15FN2O3S. The Morgan fingerprint density at radius 1 is 1.44 bits per heavy atom. The Kier molecular flexibility index (Phi) is 3.08. The van der Waals surface area contributed by atoms with Crippen LogP contribution in [0, 0.1) is 5.82 Å². The molecule has 5 nitrogen and oxygen atoms in total. The first-order valence-electron chi connectivity index (χ1n) is 5.55. The van der Waals surface area contributed by atoms with Crippen LogP contribution in [0.25, 0.3) is 0 Å². The highest BCUT2D eigenvalue weighted by molar-refractivity contribution is 7.89. The summed E-state index contributed by atoms with van der Waals surface area (Å²) in [5, 5.41) is 9.80. The van der Waals surface area contributed by atoms with Crippen molar-refractivity contribution in [3.8, 4) is 0 Å². The molecule has 1 aliphatic heterocycles. The molecule has 100 valence electrons. The SMILES string of the molecule is CCC1(O)CN(S(=O)(=O)c2cc(N)cc(F)c2)C1. The summed E-state index contributed by atoms with van der Waals surface area (Å²) in [6.07, 6.45) is 0.476. The number of hydrogen-bond donors (Lipinski definition) is 2. The number of nitrogens with zero attached hydrogens (tertiary/aromatic N) is 1. The van der Waals surface area contributed by atoms with Crippen LogP contribution in [0.15, 0.2) is 23.1 Å². The van der Waals surface area contributed by atoms with E-state index in [9.17, 15) is 17.9 Å². The van der Waals surface area contributed by atoms with Crippen LogP contribution in [-0.4, -0.2) is 36.5 Å². The van der Waals surface area contributed by atoms with Gasteiger partial charge in [-0.15, -0.1) is 0 Å². The van der Waals surface area contributed by atoms with E-state index in [-0.39, 0.29) is 23.7 Å². The summed E-state index contributed by atoms with van der Waals surface area (Å²) in [6.45, 7) is 1.84. The minimum atomic E-state index is -3.78. The first-order chi connectivity index (χ1) is 8.27. The van der Waals surface area contributed by atoms with E-state index in [1.807, 2.05) is 0 Å². The second-order valence-corrected chi connectivity index (χ2v) is 6.51. The predicted molar refractivity (Wildman–Crippen MR) is 64.8 cm³/mol. The highest BCUT2D eigenvalue weighted by atomic mass is 32.2. The van der Waals surface area contributed by atoms with Crippen molar-refractivity contribution in [1.82, 2.24) is 4.31 Å². The van der Waals surface area contributed by atoms with Crippen LogP contribution in [0.3, 0.4) is 0 Å². The van der Waals surface area contributed by atoms with Gasteiger partial charge in [0.05, 0.1) is 10.5 Å². The molecule has 1 aromatic carbocycles. The monoisotopic (exact) mass is 274 g/mol. The Labute approximate surface area is 105 Å². The maximum Gasteiger partial charge on any atom is 0.243 e. The van der Waals surface area contributed by atoms with Gasteiger partial charge in [-0.2, -0.15) is 4.31 Å². The van der Waals surface area contributed by atoms with Gasteiger partial charge in [-0.05, 0) is 24.6 Å². The highest BCUT2D eigenvalue weighted by Crippen LogP contribution is 2.30. The molecule has 3 N–H and O–H groups in total. The molecule has 1 fully saturated rings. The van der Waals surface area contributed by atoms with Crippen molar-refractivity contribution in [3.05, 3.63) is 24.0 Å². The molecule has 0 unspecified atom stereocenters. The molecule has 0 spiro atoms. The van der Waals surface area contributed by atoms with E-state index >= 15 is 0 Å². The van der Waals surface area contributed by atoms with Crippen LogP contribution < -0.4 is 5.73 Å². The molecule has 1 heterocycles. The van der Waals surface area contributed by atoms with Gasteiger partial charge in [-0.25, -0.2) is 12.8 Å². The zero-order valence-electron chi connectivity index (χ0n) is 9.93. The number of sulfonamides is 1. The number of benzene rings is 1. The topological polar surface area (TPSA) is 83.6 Å². The lowest BCUT2D eigenvalue weighted by Crippen LogP contribution is -2.62. The zero-order valence-corrected chi connectivity index (χ0v) is 10.7. The summed E-state index contributed by atoms with van der Waals surface area (Å²) in [4.78, 5) is -0.182. The Hall–Kier alpha value is -1.18. The van der Waals surface area contributed by atoms with Crippen LogP contribution in [0.5, 0.6) is 0 Å². The summed E-state index contributed by atoms with van der Waals surface area (Å²) >= 11 is 0. The van der Waals surface area contributed by atoms with Gasteiger partial charge in [0.15, 0.2) is 0 Å². The lowest BCUT2D eigenvalue weighted by atomic mass is 9.94. The zero-order chi connectivity index (χ0) is 13.6. The number of anilines is 1. The van der Waals surface area contributed by atoms with Crippen molar-refractivity contribution in [2.75, 3.05) is 18.8 Å². The normalized spacial score (nSPS) is 19.5.